The number of thiocarbonyl (C=S) groups is 1. The van der Waals surface area contributed by atoms with E-state index in [-0.39, 0.29) is 17.5 Å². The summed E-state index contributed by atoms with van der Waals surface area (Å²) < 4.78 is 23.4. The van der Waals surface area contributed by atoms with Crippen LogP contribution in [0.25, 0.3) is 0 Å². The highest BCUT2D eigenvalue weighted by Gasteiger charge is 2.34. The van der Waals surface area contributed by atoms with Crippen molar-refractivity contribution in [2.24, 2.45) is 0 Å². The first-order valence-electron chi connectivity index (χ1n) is 7.39. The molecule has 1 N–H and O–H groups in total. The van der Waals surface area contributed by atoms with Gasteiger partial charge in [0.15, 0.2) is 14.9 Å². The lowest BCUT2D eigenvalue weighted by Crippen LogP contribution is -2.51. The molecular formula is C15H23N3O2S2. The molecule has 0 spiro atoms. The van der Waals surface area contributed by atoms with Gasteiger partial charge in [0.25, 0.3) is 0 Å². The van der Waals surface area contributed by atoms with Gasteiger partial charge in [-0.3, -0.25) is 5.01 Å². The monoisotopic (exact) mass is 341 g/mol. The smallest absolute Gasteiger partial charge is 0.188 e. The third kappa shape index (κ3) is 4.18. The van der Waals surface area contributed by atoms with E-state index in [0.29, 0.717) is 11.5 Å². The lowest BCUT2D eigenvalue weighted by molar-refractivity contribution is 0.0757. The molecule has 0 aliphatic carbocycles. The fourth-order valence-electron chi connectivity index (χ4n) is 2.65. The lowest BCUT2D eigenvalue weighted by Gasteiger charge is -2.36. The maximum atomic E-state index is 11.7. The third-order valence-corrected chi connectivity index (χ3v) is 5.85. The Morgan fingerprint density at radius 1 is 1.32 bits per heavy atom. The number of nitrogens with zero attached hydrogens (tertiary/aromatic N) is 2. The number of rotatable bonds is 4. The Bertz CT molecular complexity index is 627. The maximum absolute atomic E-state index is 11.7. The van der Waals surface area contributed by atoms with Crippen molar-refractivity contribution >= 4 is 32.9 Å². The highest BCUT2D eigenvalue weighted by atomic mass is 32.2. The van der Waals surface area contributed by atoms with Crippen LogP contribution in [0.15, 0.2) is 24.3 Å². The number of aryl methyl sites for hydroxylation is 1. The minimum atomic E-state index is -2.95. The lowest BCUT2D eigenvalue weighted by atomic mass is 10.1. The zero-order chi connectivity index (χ0) is 16.3. The van der Waals surface area contributed by atoms with Crippen LogP contribution in [0.2, 0.25) is 0 Å². The van der Waals surface area contributed by atoms with E-state index in [2.05, 4.69) is 24.4 Å². The summed E-state index contributed by atoms with van der Waals surface area (Å²) in [4.78, 5) is 0. The van der Waals surface area contributed by atoms with Gasteiger partial charge in [-0.15, -0.1) is 0 Å². The van der Waals surface area contributed by atoms with Gasteiger partial charge in [-0.25, -0.2) is 13.4 Å². The minimum Gasteiger partial charge on any atom is -0.332 e. The summed E-state index contributed by atoms with van der Waals surface area (Å²) in [5.74, 6) is 0.386. The fourth-order valence-corrected chi connectivity index (χ4v) is 4.77. The van der Waals surface area contributed by atoms with Gasteiger partial charge in [0.1, 0.15) is 0 Å². The van der Waals surface area contributed by atoms with E-state index in [4.69, 9.17) is 12.2 Å². The van der Waals surface area contributed by atoms with Gasteiger partial charge in [0.2, 0.25) is 0 Å². The second-order valence-electron chi connectivity index (χ2n) is 5.73. The molecule has 22 heavy (non-hydrogen) atoms. The largest absolute Gasteiger partial charge is 0.332 e. The van der Waals surface area contributed by atoms with Crippen molar-refractivity contribution in [2.75, 3.05) is 30.9 Å². The van der Waals surface area contributed by atoms with Gasteiger partial charge < -0.3 is 5.32 Å². The second-order valence-corrected chi connectivity index (χ2v) is 8.34. The number of nitrogens with one attached hydrogen (secondary N) is 1. The molecule has 5 nitrogen and oxygen atoms in total. The number of hydrogen-bond donors (Lipinski definition) is 1. The van der Waals surface area contributed by atoms with Crippen molar-refractivity contribution in [3.63, 3.8) is 0 Å². The molecule has 0 amide bonds. The number of hydrogen-bond acceptors (Lipinski definition) is 4. The van der Waals surface area contributed by atoms with Crippen LogP contribution in [0, 0.1) is 0 Å². The number of anilines is 1. The molecule has 1 saturated heterocycles. The summed E-state index contributed by atoms with van der Waals surface area (Å²) in [5, 5.41) is 7.43. The van der Waals surface area contributed by atoms with Crippen molar-refractivity contribution < 1.29 is 8.42 Å². The molecule has 2 rings (SSSR count). The number of sulfone groups is 1. The summed E-state index contributed by atoms with van der Waals surface area (Å²) in [6.45, 7) is 2.11. The van der Waals surface area contributed by atoms with E-state index in [1.54, 1.807) is 0 Å². The highest BCUT2D eigenvalue weighted by molar-refractivity contribution is 7.91. The van der Waals surface area contributed by atoms with Crippen molar-refractivity contribution in [2.45, 2.75) is 25.8 Å². The van der Waals surface area contributed by atoms with E-state index >= 15 is 0 Å². The minimum absolute atomic E-state index is 0.102. The van der Waals surface area contributed by atoms with Crippen LogP contribution in [-0.4, -0.2) is 55.2 Å². The normalized spacial score (nSPS) is 20.1. The Morgan fingerprint density at radius 3 is 2.41 bits per heavy atom. The molecule has 1 fully saturated rings. The molecule has 1 aliphatic heterocycles. The van der Waals surface area contributed by atoms with Crippen LogP contribution >= 0.6 is 12.2 Å². The molecule has 0 bridgehead atoms. The van der Waals surface area contributed by atoms with Crippen molar-refractivity contribution in [3.05, 3.63) is 29.8 Å². The molecular weight excluding hydrogens is 318 g/mol. The first kappa shape index (κ1) is 17.2. The van der Waals surface area contributed by atoms with E-state index in [1.807, 2.05) is 36.2 Å². The molecule has 1 aliphatic rings. The van der Waals surface area contributed by atoms with Gasteiger partial charge >= 0.3 is 0 Å². The summed E-state index contributed by atoms with van der Waals surface area (Å²) in [7, 11) is 0.803. The van der Waals surface area contributed by atoms with E-state index in [9.17, 15) is 8.42 Å². The van der Waals surface area contributed by atoms with Crippen LogP contribution in [0.1, 0.15) is 18.9 Å². The van der Waals surface area contributed by atoms with Gasteiger partial charge in [0.05, 0.1) is 17.5 Å². The average Bonchev–Trinajstić information content (AvgIpc) is 2.79. The highest BCUT2D eigenvalue weighted by Crippen LogP contribution is 2.20. The SMILES string of the molecule is CCc1ccc(NC(=S)N([C@@H]2CCS(=O)(=O)C2)N(C)C)cc1. The summed E-state index contributed by atoms with van der Waals surface area (Å²) in [5.41, 5.74) is 2.18. The quantitative estimate of drug-likeness (QED) is 0.667. The first-order chi connectivity index (χ1) is 10.3. The molecule has 1 heterocycles. The Morgan fingerprint density at radius 2 is 1.95 bits per heavy atom. The molecule has 0 unspecified atom stereocenters. The third-order valence-electron chi connectivity index (χ3n) is 3.81. The van der Waals surface area contributed by atoms with Crippen LogP contribution in [-0.2, 0) is 16.3 Å². The first-order valence-corrected chi connectivity index (χ1v) is 9.62. The fraction of sp³-hybridized carbons (Fsp3) is 0.533. The Kier molecular flexibility index (Phi) is 5.41. The molecule has 1 aromatic rings. The predicted octanol–water partition coefficient (Wildman–Crippen LogP) is 1.91. The number of hydrazine groups is 1. The molecule has 1 atom stereocenters. The zero-order valence-electron chi connectivity index (χ0n) is 13.2. The van der Waals surface area contributed by atoms with Crippen molar-refractivity contribution in [1.82, 2.24) is 10.0 Å². The van der Waals surface area contributed by atoms with Crippen molar-refractivity contribution in [3.8, 4) is 0 Å². The van der Waals surface area contributed by atoms with Crippen LogP contribution < -0.4 is 5.32 Å². The Labute approximate surface area is 138 Å². The average molecular weight is 342 g/mol. The van der Waals surface area contributed by atoms with E-state index < -0.39 is 9.84 Å². The van der Waals surface area contributed by atoms with E-state index in [1.165, 1.54) is 5.56 Å². The van der Waals surface area contributed by atoms with Gasteiger partial charge in [-0.2, -0.15) is 0 Å². The van der Waals surface area contributed by atoms with Gasteiger partial charge in [-0.1, -0.05) is 19.1 Å². The topological polar surface area (TPSA) is 52.7 Å². The van der Waals surface area contributed by atoms with Crippen LogP contribution in [0.4, 0.5) is 5.69 Å². The molecule has 1 aromatic carbocycles. The van der Waals surface area contributed by atoms with E-state index in [0.717, 1.165) is 12.1 Å². The van der Waals surface area contributed by atoms with Crippen molar-refractivity contribution in [1.29, 1.82) is 0 Å². The maximum Gasteiger partial charge on any atom is 0.188 e. The zero-order valence-corrected chi connectivity index (χ0v) is 14.9. The molecule has 0 aromatic heterocycles. The number of benzene rings is 1. The Balaban J connectivity index is 2.09. The summed E-state index contributed by atoms with van der Waals surface area (Å²) in [6.07, 6.45) is 1.60. The summed E-state index contributed by atoms with van der Waals surface area (Å²) >= 11 is 5.48. The molecule has 0 radical (unpaired) electrons. The van der Waals surface area contributed by atoms with Gasteiger partial charge in [0, 0.05) is 19.8 Å². The Hall–Kier alpha value is -1.18. The standard InChI is InChI=1S/C15H23N3O2S2/c1-4-12-5-7-13(8-6-12)16-15(21)18(17(2)3)14-9-10-22(19,20)11-14/h5-8,14H,4,9-11H2,1-3H3,(H,16,21)/t14-/m1/s1. The molecule has 122 valence electrons. The molecule has 7 heteroatoms. The molecule has 0 saturated carbocycles. The second kappa shape index (κ2) is 6.93. The summed E-state index contributed by atoms with van der Waals surface area (Å²) in [6, 6.07) is 8.00. The van der Waals surface area contributed by atoms with Crippen LogP contribution in [0.3, 0.4) is 0 Å². The van der Waals surface area contributed by atoms with Crippen LogP contribution in [0.5, 0.6) is 0 Å². The van der Waals surface area contributed by atoms with Gasteiger partial charge in [-0.05, 0) is 42.8 Å². The predicted molar refractivity (Wildman–Crippen MR) is 94.6 cm³/mol.